The van der Waals surface area contributed by atoms with Crippen LogP contribution < -0.4 is 5.32 Å². The molecule has 2 aromatic heterocycles. The Labute approximate surface area is 114 Å². The minimum Gasteiger partial charge on any atom is -0.306 e. The summed E-state index contributed by atoms with van der Waals surface area (Å²) < 4.78 is 1.89. The number of hydrogen-bond acceptors (Lipinski definition) is 3. The van der Waals surface area contributed by atoms with Gasteiger partial charge in [0.1, 0.15) is 0 Å². The molecule has 0 spiro atoms. The van der Waals surface area contributed by atoms with E-state index >= 15 is 0 Å². The first-order valence-corrected chi connectivity index (χ1v) is 6.73. The van der Waals surface area contributed by atoms with E-state index in [1.165, 1.54) is 16.8 Å². The maximum atomic E-state index is 4.53. The Morgan fingerprint density at radius 3 is 2.53 bits per heavy atom. The quantitative estimate of drug-likeness (QED) is 0.896. The van der Waals surface area contributed by atoms with Crippen LogP contribution in [0.5, 0.6) is 0 Å². The van der Waals surface area contributed by atoms with E-state index < -0.39 is 0 Å². The van der Waals surface area contributed by atoms with Gasteiger partial charge in [0.15, 0.2) is 0 Å². The summed E-state index contributed by atoms with van der Waals surface area (Å²) in [5, 5.41) is 8.07. The van der Waals surface area contributed by atoms with Crippen LogP contribution in [0.25, 0.3) is 0 Å². The van der Waals surface area contributed by atoms with E-state index in [-0.39, 0.29) is 0 Å². The Morgan fingerprint density at radius 1 is 1.21 bits per heavy atom. The summed E-state index contributed by atoms with van der Waals surface area (Å²) in [6, 6.07) is 4.40. The average molecular weight is 258 g/mol. The molecule has 0 amide bonds. The third-order valence-corrected chi connectivity index (χ3v) is 3.29. The summed E-state index contributed by atoms with van der Waals surface area (Å²) in [5.41, 5.74) is 3.71. The van der Waals surface area contributed by atoms with Gasteiger partial charge in [-0.05, 0) is 30.5 Å². The van der Waals surface area contributed by atoms with Gasteiger partial charge in [-0.15, -0.1) is 0 Å². The SMILES string of the molecule is CC(C)c1nn(C)cc1CN[C@H](C)c1ccncc1. The largest absolute Gasteiger partial charge is 0.306 e. The average Bonchev–Trinajstić information content (AvgIpc) is 2.78. The van der Waals surface area contributed by atoms with E-state index in [0.29, 0.717) is 12.0 Å². The second-order valence-electron chi connectivity index (χ2n) is 5.25. The van der Waals surface area contributed by atoms with Crippen molar-refractivity contribution in [1.82, 2.24) is 20.1 Å². The predicted octanol–water partition coefficient (Wildman–Crippen LogP) is 2.79. The highest BCUT2D eigenvalue weighted by molar-refractivity contribution is 5.21. The first-order chi connectivity index (χ1) is 9.08. The van der Waals surface area contributed by atoms with Crippen molar-refractivity contribution in [2.45, 2.75) is 39.3 Å². The van der Waals surface area contributed by atoms with Crippen LogP contribution in [0.4, 0.5) is 0 Å². The molecule has 0 aliphatic rings. The molecule has 4 nitrogen and oxygen atoms in total. The number of aromatic nitrogens is 3. The Bertz CT molecular complexity index is 516. The molecule has 1 atom stereocenters. The molecule has 0 aliphatic heterocycles. The Balaban J connectivity index is 2.03. The van der Waals surface area contributed by atoms with Gasteiger partial charge in [-0.2, -0.15) is 5.10 Å². The molecule has 2 aromatic rings. The summed E-state index contributed by atoms with van der Waals surface area (Å²) in [4.78, 5) is 4.05. The number of hydrogen-bond donors (Lipinski definition) is 1. The highest BCUT2D eigenvalue weighted by Gasteiger charge is 2.12. The van der Waals surface area contributed by atoms with Crippen LogP contribution in [0.3, 0.4) is 0 Å². The zero-order valence-corrected chi connectivity index (χ0v) is 12.1. The zero-order valence-electron chi connectivity index (χ0n) is 12.1. The number of nitrogens with one attached hydrogen (secondary N) is 1. The van der Waals surface area contributed by atoms with Crippen molar-refractivity contribution in [3.8, 4) is 0 Å². The Kier molecular flexibility index (Phi) is 4.32. The molecular formula is C15H22N4. The van der Waals surface area contributed by atoms with E-state index in [4.69, 9.17) is 0 Å². The summed E-state index contributed by atoms with van der Waals surface area (Å²) >= 11 is 0. The third-order valence-electron chi connectivity index (χ3n) is 3.29. The van der Waals surface area contributed by atoms with Crippen LogP contribution in [-0.4, -0.2) is 14.8 Å². The summed E-state index contributed by atoms with van der Waals surface area (Å²) in [6.45, 7) is 7.36. The molecule has 0 fully saturated rings. The summed E-state index contributed by atoms with van der Waals surface area (Å²) in [7, 11) is 1.97. The van der Waals surface area contributed by atoms with Gasteiger partial charge in [-0.1, -0.05) is 13.8 Å². The van der Waals surface area contributed by atoms with Crippen LogP contribution in [0, 0.1) is 0 Å². The molecule has 0 saturated heterocycles. The molecule has 0 radical (unpaired) electrons. The van der Waals surface area contributed by atoms with Crippen molar-refractivity contribution in [3.05, 3.63) is 47.5 Å². The highest BCUT2D eigenvalue weighted by Crippen LogP contribution is 2.18. The minimum absolute atomic E-state index is 0.309. The van der Waals surface area contributed by atoms with Gasteiger partial charge in [0.25, 0.3) is 0 Å². The fraction of sp³-hybridized carbons (Fsp3) is 0.467. The molecule has 19 heavy (non-hydrogen) atoms. The standard InChI is InChI=1S/C15H22N4/c1-11(2)15-14(10-19(4)18-15)9-17-12(3)13-5-7-16-8-6-13/h5-8,10-12,17H,9H2,1-4H3/t12-/m1/s1. The zero-order chi connectivity index (χ0) is 13.8. The van der Waals surface area contributed by atoms with E-state index in [1.54, 1.807) is 0 Å². The second kappa shape index (κ2) is 5.97. The lowest BCUT2D eigenvalue weighted by molar-refractivity contribution is 0.570. The number of nitrogens with zero attached hydrogens (tertiary/aromatic N) is 3. The molecule has 0 saturated carbocycles. The highest BCUT2D eigenvalue weighted by atomic mass is 15.3. The van der Waals surface area contributed by atoms with Crippen molar-refractivity contribution < 1.29 is 0 Å². The molecule has 4 heteroatoms. The van der Waals surface area contributed by atoms with Gasteiger partial charge in [0.05, 0.1) is 5.69 Å². The van der Waals surface area contributed by atoms with Crippen molar-refractivity contribution in [3.63, 3.8) is 0 Å². The molecule has 102 valence electrons. The number of rotatable bonds is 5. The molecule has 0 aromatic carbocycles. The van der Waals surface area contributed by atoms with Crippen LogP contribution >= 0.6 is 0 Å². The fourth-order valence-corrected chi connectivity index (χ4v) is 2.21. The second-order valence-corrected chi connectivity index (χ2v) is 5.25. The fourth-order valence-electron chi connectivity index (χ4n) is 2.21. The molecule has 0 bridgehead atoms. The van der Waals surface area contributed by atoms with E-state index in [9.17, 15) is 0 Å². The minimum atomic E-state index is 0.309. The van der Waals surface area contributed by atoms with Gasteiger partial charge in [0, 0.05) is 43.8 Å². The predicted molar refractivity (Wildman–Crippen MR) is 76.8 cm³/mol. The monoisotopic (exact) mass is 258 g/mol. The molecule has 2 heterocycles. The number of pyridine rings is 1. The lowest BCUT2D eigenvalue weighted by atomic mass is 10.1. The first-order valence-electron chi connectivity index (χ1n) is 6.73. The van der Waals surface area contributed by atoms with Gasteiger partial charge in [-0.3, -0.25) is 9.67 Å². The number of aryl methyl sites for hydroxylation is 1. The maximum absolute atomic E-state index is 4.53. The van der Waals surface area contributed by atoms with Gasteiger partial charge in [0.2, 0.25) is 0 Å². The van der Waals surface area contributed by atoms with Gasteiger partial charge < -0.3 is 5.32 Å². The lowest BCUT2D eigenvalue weighted by Crippen LogP contribution is -2.18. The van der Waals surface area contributed by atoms with Gasteiger partial charge in [-0.25, -0.2) is 0 Å². The third kappa shape index (κ3) is 3.41. The van der Waals surface area contributed by atoms with Crippen LogP contribution in [-0.2, 0) is 13.6 Å². The molecule has 1 N–H and O–H groups in total. The van der Waals surface area contributed by atoms with Gasteiger partial charge >= 0.3 is 0 Å². The molecule has 2 rings (SSSR count). The first kappa shape index (κ1) is 13.7. The van der Waals surface area contributed by atoms with Crippen molar-refractivity contribution in [1.29, 1.82) is 0 Å². The Hall–Kier alpha value is -1.68. The smallest absolute Gasteiger partial charge is 0.0694 e. The van der Waals surface area contributed by atoms with Crippen LogP contribution in [0.1, 0.15) is 49.6 Å². The Morgan fingerprint density at radius 2 is 1.89 bits per heavy atom. The van der Waals surface area contributed by atoms with Crippen molar-refractivity contribution in [2.75, 3.05) is 0 Å². The topological polar surface area (TPSA) is 42.7 Å². The molecule has 0 aliphatic carbocycles. The lowest BCUT2D eigenvalue weighted by Gasteiger charge is -2.14. The summed E-state index contributed by atoms with van der Waals surface area (Å²) in [6.07, 6.45) is 5.76. The maximum Gasteiger partial charge on any atom is 0.0694 e. The molecule has 0 unspecified atom stereocenters. The summed E-state index contributed by atoms with van der Waals surface area (Å²) in [5.74, 6) is 0.453. The van der Waals surface area contributed by atoms with E-state index in [1.807, 2.05) is 36.3 Å². The van der Waals surface area contributed by atoms with E-state index in [2.05, 4.69) is 42.4 Å². The van der Waals surface area contributed by atoms with Crippen molar-refractivity contribution in [2.24, 2.45) is 7.05 Å². The van der Waals surface area contributed by atoms with E-state index in [0.717, 1.165) is 6.54 Å². The van der Waals surface area contributed by atoms with Crippen molar-refractivity contribution >= 4 is 0 Å². The molecular weight excluding hydrogens is 236 g/mol. The van der Waals surface area contributed by atoms with Crippen LogP contribution in [0.15, 0.2) is 30.7 Å². The normalized spacial score (nSPS) is 12.9. The van der Waals surface area contributed by atoms with Crippen LogP contribution in [0.2, 0.25) is 0 Å².